The van der Waals surface area contributed by atoms with Gasteiger partial charge < -0.3 is 9.47 Å². The average Bonchev–Trinajstić information content (AvgIpc) is 2.70. The van der Waals surface area contributed by atoms with E-state index in [9.17, 15) is 9.18 Å². The zero-order valence-corrected chi connectivity index (χ0v) is 16.2. The third-order valence-electron chi connectivity index (χ3n) is 4.47. The second-order valence-electron chi connectivity index (χ2n) is 6.49. The fraction of sp³-hybridized carbons (Fsp3) is 0.273. The Balaban J connectivity index is 1.60. The van der Waals surface area contributed by atoms with Crippen LogP contribution in [0, 0.1) is 19.7 Å². The number of benzene rings is 2. The maximum Gasteiger partial charge on any atom is 0.260 e. The summed E-state index contributed by atoms with van der Waals surface area (Å²) in [4.78, 5) is 16.7. The smallest absolute Gasteiger partial charge is 0.260 e. The highest BCUT2D eigenvalue weighted by atomic mass is 19.1. The number of hydrogen-bond acceptors (Lipinski definition) is 4. The number of ether oxygens (including phenoxy) is 2. The lowest BCUT2D eigenvalue weighted by Gasteiger charge is -2.13. The maximum absolute atomic E-state index is 12.9. The van der Waals surface area contributed by atoms with Crippen molar-refractivity contribution in [1.82, 2.24) is 9.55 Å². The van der Waals surface area contributed by atoms with Crippen molar-refractivity contribution in [2.45, 2.75) is 40.5 Å². The molecular formula is C22H23FN2O3. The summed E-state index contributed by atoms with van der Waals surface area (Å²) in [5.74, 6) is 1.45. The first kappa shape index (κ1) is 19.6. The van der Waals surface area contributed by atoms with E-state index < -0.39 is 0 Å². The number of aromatic nitrogens is 2. The van der Waals surface area contributed by atoms with Gasteiger partial charge >= 0.3 is 0 Å². The summed E-state index contributed by atoms with van der Waals surface area (Å²) >= 11 is 0. The summed E-state index contributed by atoms with van der Waals surface area (Å²) in [6.07, 6.45) is 0. The SMILES string of the molecule is CCn1c(C)nc(OCc2ccc(OCc3ccc(F)cc3)cc2)c(C)c1=O. The monoisotopic (exact) mass is 382 g/mol. The fourth-order valence-electron chi connectivity index (χ4n) is 2.83. The van der Waals surface area contributed by atoms with Crippen LogP contribution in [0.1, 0.15) is 29.4 Å². The fourth-order valence-corrected chi connectivity index (χ4v) is 2.83. The molecule has 0 fully saturated rings. The molecular weight excluding hydrogens is 359 g/mol. The van der Waals surface area contributed by atoms with Gasteiger partial charge in [0.1, 0.15) is 30.6 Å². The van der Waals surface area contributed by atoms with Crippen LogP contribution in [0.3, 0.4) is 0 Å². The number of hydrogen-bond donors (Lipinski definition) is 0. The highest BCUT2D eigenvalue weighted by Crippen LogP contribution is 2.17. The minimum atomic E-state index is -0.264. The Bertz CT molecular complexity index is 996. The van der Waals surface area contributed by atoms with Crippen LogP contribution in [0.15, 0.2) is 53.3 Å². The molecule has 0 spiro atoms. The van der Waals surface area contributed by atoms with Crippen molar-refractivity contribution in [2.24, 2.45) is 0 Å². The van der Waals surface area contributed by atoms with Crippen molar-refractivity contribution in [3.05, 3.63) is 87.2 Å². The molecule has 6 heteroatoms. The molecule has 0 amide bonds. The van der Waals surface area contributed by atoms with E-state index in [0.717, 1.165) is 11.1 Å². The molecule has 28 heavy (non-hydrogen) atoms. The molecule has 3 aromatic rings. The van der Waals surface area contributed by atoms with E-state index in [-0.39, 0.29) is 11.4 Å². The van der Waals surface area contributed by atoms with Gasteiger partial charge in [0.2, 0.25) is 5.88 Å². The van der Waals surface area contributed by atoms with Gasteiger partial charge in [-0.3, -0.25) is 9.36 Å². The molecule has 2 aromatic carbocycles. The number of halogens is 1. The highest BCUT2D eigenvalue weighted by Gasteiger charge is 2.11. The van der Waals surface area contributed by atoms with E-state index in [1.165, 1.54) is 12.1 Å². The topological polar surface area (TPSA) is 53.4 Å². The summed E-state index contributed by atoms with van der Waals surface area (Å²) < 4.78 is 26.0. The van der Waals surface area contributed by atoms with Gasteiger partial charge in [-0.05, 0) is 56.2 Å². The summed E-state index contributed by atoms with van der Waals surface area (Å²) in [5, 5.41) is 0. The van der Waals surface area contributed by atoms with Crippen LogP contribution in [0.2, 0.25) is 0 Å². The molecule has 0 N–H and O–H groups in total. The number of rotatable bonds is 7. The Morgan fingerprint density at radius 1 is 0.929 bits per heavy atom. The van der Waals surface area contributed by atoms with Crippen molar-refractivity contribution in [2.75, 3.05) is 0 Å². The van der Waals surface area contributed by atoms with E-state index in [0.29, 0.717) is 42.8 Å². The Hall–Kier alpha value is -3.15. The van der Waals surface area contributed by atoms with Crippen LogP contribution < -0.4 is 15.0 Å². The molecule has 1 aromatic heterocycles. The van der Waals surface area contributed by atoms with Crippen LogP contribution in [0.25, 0.3) is 0 Å². The van der Waals surface area contributed by atoms with Crippen LogP contribution in [0.5, 0.6) is 11.6 Å². The van der Waals surface area contributed by atoms with Gasteiger partial charge in [-0.15, -0.1) is 0 Å². The minimum absolute atomic E-state index is 0.0745. The largest absolute Gasteiger partial charge is 0.489 e. The molecule has 0 radical (unpaired) electrons. The molecule has 0 unspecified atom stereocenters. The Morgan fingerprint density at radius 2 is 1.50 bits per heavy atom. The summed E-state index contributed by atoms with van der Waals surface area (Å²) in [6.45, 7) is 6.69. The molecule has 0 saturated carbocycles. The van der Waals surface area contributed by atoms with Crippen molar-refractivity contribution >= 4 is 0 Å². The van der Waals surface area contributed by atoms with Gasteiger partial charge in [0.05, 0.1) is 5.56 Å². The highest BCUT2D eigenvalue weighted by molar-refractivity contribution is 5.29. The van der Waals surface area contributed by atoms with Gasteiger partial charge in [0, 0.05) is 6.54 Å². The molecule has 1 heterocycles. The van der Waals surface area contributed by atoms with E-state index >= 15 is 0 Å². The van der Waals surface area contributed by atoms with Crippen molar-refractivity contribution in [3.63, 3.8) is 0 Å². The predicted molar refractivity (Wildman–Crippen MR) is 105 cm³/mol. The molecule has 0 aliphatic rings. The molecule has 0 atom stereocenters. The molecule has 146 valence electrons. The second-order valence-corrected chi connectivity index (χ2v) is 6.49. The summed E-state index contributed by atoms with van der Waals surface area (Å²) in [7, 11) is 0. The second kappa shape index (κ2) is 8.69. The normalized spacial score (nSPS) is 10.7. The first-order valence-electron chi connectivity index (χ1n) is 9.15. The third kappa shape index (κ3) is 4.57. The lowest BCUT2D eigenvalue weighted by atomic mass is 10.2. The van der Waals surface area contributed by atoms with Crippen LogP contribution >= 0.6 is 0 Å². The first-order chi connectivity index (χ1) is 13.5. The lowest BCUT2D eigenvalue weighted by Crippen LogP contribution is -2.25. The molecule has 0 aliphatic carbocycles. The summed E-state index contributed by atoms with van der Waals surface area (Å²) in [5.41, 5.74) is 2.27. The minimum Gasteiger partial charge on any atom is -0.489 e. The van der Waals surface area contributed by atoms with E-state index in [4.69, 9.17) is 9.47 Å². The Morgan fingerprint density at radius 3 is 2.11 bits per heavy atom. The van der Waals surface area contributed by atoms with E-state index in [1.54, 1.807) is 30.5 Å². The van der Waals surface area contributed by atoms with E-state index in [1.807, 2.05) is 31.2 Å². The molecule has 0 aliphatic heterocycles. The van der Waals surface area contributed by atoms with Crippen LogP contribution in [0.4, 0.5) is 4.39 Å². The van der Waals surface area contributed by atoms with Gasteiger partial charge in [-0.1, -0.05) is 24.3 Å². The number of nitrogens with zero attached hydrogens (tertiary/aromatic N) is 2. The van der Waals surface area contributed by atoms with Gasteiger partial charge in [-0.2, -0.15) is 0 Å². The zero-order valence-electron chi connectivity index (χ0n) is 16.2. The van der Waals surface area contributed by atoms with Crippen LogP contribution in [-0.2, 0) is 19.8 Å². The van der Waals surface area contributed by atoms with Crippen molar-refractivity contribution in [1.29, 1.82) is 0 Å². The maximum atomic E-state index is 12.9. The van der Waals surface area contributed by atoms with E-state index in [2.05, 4.69) is 4.98 Å². The van der Waals surface area contributed by atoms with Gasteiger partial charge in [-0.25, -0.2) is 9.37 Å². The standard InChI is InChI=1S/C22H23FN2O3/c1-4-25-16(3)24-21(15(2)22(25)26)28-14-18-7-11-20(12-8-18)27-13-17-5-9-19(23)10-6-17/h5-12H,4,13-14H2,1-3H3. The molecule has 3 rings (SSSR count). The molecule has 0 saturated heterocycles. The molecule has 5 nitrogen and oxygen atoms in total. The first-order valence-corrected chi connectivity index (χ1v) is 9.15. The number of aryl methyl sites for hydroxylation is 1. The van der Waals surface area contributed by atoms with Gasteiger partial charge in [0.25, 0.3) is 5.56 Å². The Labute approximate surface area is 163 Å². The molecule has 0 bridgehead atoms. The quantitative estimate of drug-likeness (QED) is 0.615. The lowest BCUT2D eigenvalue weighted by molar-refractivity contribution is 0.286. The zero-order chi connectivity index (χ0) is 20.1. The van der Waals surface area contributed by atoms with Crippen molar-refractivity contribution < 1.29 is 13.9 Å². The average molecular weight is 382 g/mol. The summed E-state index contributed by atoms with van der Waals surface area (Å²) in [6, 6.07) is 13.7. The predicted octanol–water partition coefficient (Wildman–Crippen LogP) is 4.18. The van der Waals surface area contributed by atoms with Crippen LogP contribution in [-0.4, -0.2) is 9.55 Å². The third-order valence-corrected chi connectivity index (χ3v) is 4.47. The Kier molecular flexibility index (Phi) is 6.09. The van der Waals surface area contributed by atoms with Crippen molar-refractivity contribution in [3.8, 4) is 11.6 Å². The van der Waals surface area contributed by atoms with Gasteiger partial charge in [0.15, 0.2) is 0 Å².